The van der Waals surface area contributed by atoms with Crippen molar-refractivity contribution in [2.24, 2.45) is 17.8 Å². The van der Waals surface area contributed by atoms with E-state index < -0.39 is 52.5 Å². The minimum atomic E-state index is -4.13. The summed E-state index contributed by atoms with van der Waals surface area (Å²) in [5.41, 5.74) is 0.854. The van der Waals surface area contributed by atoms with Crippen molar-refractivity contribution in [3.63, 3.8) is 0 Å². The third kappa shape index (κ3) is 7.31. The number of thiazole rings is 1. The monoisotopic (exact) mass is 706 g/mol. The highest BCUT2D eigenvalue weighted by atomic mass is 32.2. The maximum atomic E-state index is 14.2. The lowest BCUT2D eigenvalue weighted by Gasteiger charge is -2.37. The van der Waals surface area contributed by atoms with Crippen molar-refractivity contribution in [1.82, 2.24) is 14.6 Å². The van der Waals surface area contributed by atoms with Gasteiger partial charge in [0.1, 0.15) is 17.7 Å². The van der Waals surface area contributed by atoms with Crippen LogP contribution in [0.5, 0.6) is 0 Å². The first-order chi connectivity index (χ1) is 22.9. The van der Waals surface area contributed by atoms with E-state index >= 15 is 0 Å². The molecule has 15 heteroatoms. The van der Waals surface area contributed by atoms with Crippen LogP contribution in [0.4, 0.5) is 18.7 Å². The molecule has 2 saturated carbocycles. The first-order valence-electron chi connectivity index (χ1n) is 16.5. The number of aliphatic hydroxyl groups is 1. The van der Waals surface area contributed by atoms with Crippen LogP contribution < -0.4 is 10.6 Å². The molecule has 1 amide bonds. The Labute approximate surface area is 282 Å². The highest BCUT2D eigenvalue weighted by Crippen LogP contribution is 2.46. The number of ether oxygens (including phenoxy) is 3. The molecule has 2 saturated heterocycles. The molecule has 3 aromatic rings. The first-order valence-corrected chi connectivity index (χ1v) is 18.7. The first kappa shape index (κ1) is 33.5. The van der Waals surface area contributed by atoms with Crippen LogP contribution in [0.2, 0.25) is 0 Å². The van der Waals surface area contributed by atoms with E-state index in [9.17, 15) is 27.1 Å². The lowest BCUT2D eigenvalue weighted by molar-refractivity contribution is -0.153. The van der Waals surface area contributed by atoms with Gasteiger partial charge in [0.2, 0.25) is 10.0 Å². The Morgan fingerprint density at radius 3 is 2.62 bits per heavy atom. The van der Waals surface area contributed by atoms with Crippen molar-refractivity contribution < 1.29 is 41.3 Å². The number of rotatable bonds is 13. The summed E-state index contributed by atoms with van der Waals surface area (Å²) < 4.78 is 75.9. The zero-order chi connectivity index (χ0) is 33.7. The van der Waals surface area contributed by atoms with Gasteiger partial charge in [-0.2, -0.15) is 4.31 Å². The van der Waals surface area contributed by atoms with Crippen molar-refractivity contribution in [3.8, 4) is 0 Å². The number of carbonyl (C=O) groups is 1. The number of anilines is 1. The van der Waals surface area contributed by atoms with Gasteiger partial charge in [-0.25, -0.2) is 27.0 Å². The molecule has 11 nitrogen and oxygen atoms in total. The topological polar surface area (TPSA) is 139 Å². The summed E-state index contributed by atoms with van der Waals surface area (Å²) in [6, 6.07) is 6.94. The lowest BCUT2D eigenvalue weighted by Crippen LogP contribution is -2.53. The van der Waals surface area contributed by atoms with E-state index in [1.54, 1.807) is 12.1 Å². The molecule has 260 valence electrons. The quantitative estimate of drug-likeness (QED) is 0.232. The normalized spacial score (nSPS) is 26.3. The minimum absolute atomic E-state index is 0.0398. The predicted octanol–water partition coefficient (Wildman–Crippen LogP) is 4.64. The summed E-state index contributed by atoms with van der Waals surface area (Å²) in [5.74, 6) is -1.51. The second-order valence-corrected chi connectivity index (χ2v) is 16.8. The van der Waals surface area contributed by atoms with Crippen molar-refractivity contribution >= 4 is 42.8 Å². The molecule has 2 aliphatic carbocycles. The molecule has 7 rings (SSSR count). The van der Waals surface area contributed by atoms with Gasteiger partial charge in [-0.15, -0.1) is 0 Å². The van der Waals surface area contributed by atoms with Gasteiger partial charge in [-0.1, -0.05) is 25.2 Å². The molecule has 3 N–H and O–H groups in total. The van der Waals surface area contributed by atoms with E-state index in [4.69, 9.17) is 14.2 Å². The van der Waals surface area contributed by atoms with E-state index in [0.29, 0.717) is 29.3 Å². The van der Waals surface area contributed by atoms with Gasteiger partial charge < -0.3 is 30.0 Å². The molecule has 7 atom stereocenters. The fourth-order valence-electron chi connectivity index (χ4n) is 6.99. The molecule has 2 aromatic carbocycles. The Balaban J connectivity index is 1.11. The van der Waals surface area contributed by atoms with Gasteiger partial charge in [0.25, 0.3) is 0 Å². The number of fused-ring (bicyclic) bond motifs is 3. The lowest BCUT2D eigenvalue weighted by atomic mass is 9.78. The fourth-order valence-corrected chi connectivity index (χ4v) is 9.70. The van der Waals surface area contributed by atoms with E-state index in [0.717, 1.165) is 42.6 Å². The molecular weight excluding hydrogens is 667 g/mol. The van der Waals surface area contributed by atoms with E-state index in [2.05, 4.69) is 15.6 Å². The molecule has 4 fully saturated rings. The smallest absolute Gasteiger partial charge is 0.407 e. The highest BCUT2D eigenvalue weighted by molar-refractivity contribution is 7.89. The standard InChI is InChI=1S/C33H40F2N4O7S2/c1-17(2)14-39(48(42,43)24-5-6-25-29(13-24)47-32(37-25)36-23-3-4-23)15-27(40)26(9-18-7-21(34)12-22(35)8-18)38-33(41)46-30-20-10-19-11-28(30)45-31(19)44-16-20/h5-8,12-13,17,19-20,23,26-28,30-31,40H,3-4,9-11,14-16H2,1-2H3,(H,36,37)(H,38,41). The number of hydrogen-bond donors (Lipinski definition) is 3. The Morgan fingerprint density at radius 2 is 1.90 bits per heavy atom. The summed E-state index contributed by atoms with van der Waals surface area (Å²) in [6.07, 6.45) is -0.000242. The van der Waals surface area contributed by atoms with Gasteiger partial charge >= 0.3 is 6.09 Å². The van der Waals surface area contributed by atoms with Crippen molar-refractivity contribution in [3.05, 3.63) is 53.6 Å². The molecule has 0 spiro atoms. The molecule has 4 aliphatic rings. The zero-order valence-corrected chi connectivity index (χ0v) is 28.3. The average Bonchev–Trinajstić information content (AvgIpc) is 3.65. The second-order valence-electron chi connectivity index (χ2n) is 13.8. The third-order valence-corrected chi connectivity index (χ3v) is 12.2. The molecular formula is C33H40F2N4O7S2. The average molecular weight is 707 g/mol. The van der Waals surface area contributed by atoms with E-state index in [-0.39, 0.29) is 53.6 Å². The second kappa shape index (κ2) is 13.4. The van der Waals surface area contributed by atoms with E-state index in [1.807, 2.05) is 13.8 Å². The van der Waals surface area contributed by atoms with Crippen molar-refractivity contribution in [1.29, 1.82) is 0 Å². The van der Waals surface area contributed by atoms with Gasteiger partial charge in [0.05, 0.1) is 40.0 Å². The van der Waals surface area contributed by atoms with Crippen LogP contribution in [-0.2, 0) is 30.7 Å². The number of nitrogens with one attached hydrogen (secondary N) is 2. The van der Waals surface area contributed by atoms with Crippen molar-refractivity contribution in [2.75, 3.05) is 25.0 Å². The van der Waals surface area contributed by atoms with Crippen molar-refractivity contribution in [2.45, 2.75) is 87.5 Å². The molecule has 3 heterocycles. The van der Waals surface area contributed by atoms with Gasteiger partial charge in [0, 0.05) is 37.0 Å². The number of amides is 1. The van der Waals surface area contributed by atoms with Crippen LogP contribution >= 0.6 is 11.3 Å². The number of benzene rings is 2. The van der Waals surface area contributed by atoms with Gasteiger partial charge in [0.15, 0.2) is 11.4 Å². The molecule has 7 unspecified atom stereocenters. The predicted molar refractivity (Wildman–Crippen MR) is 174 cm³/mol. The molecule has 1 aromatic heterocycles. The third-order valence-electron chi connectivity index (χ3n) is 9.39. The number of sulfonamides is 1. The summed E-state index contributed by atoms with van der Waals surface area (Å²) in [5, 5.41) is 18.4. The summed E-state index contributed by atoms with van der Waals surface area (Å²) in [4.78, 5) is 18.0. The minimum Gasteiger partial charge on any atom is -0.443 e. The Hall–Kier alpha value is -2.95. The molecule has 3 bridgehead atoms. The Kier molecular flexibility index (Phi) is 9.36. The number of aromatic nitrogens is 1. The number of nitrogens with zero attached hydrogens (tertiary/aromatic N) is 2. The number of alkyl carbamates (subject to hydrolysis) is 1. The Bertz CT molecular complexity index is 1740. The summed E-state index contributed by atoms with van der Waals surface area (Å²) in [6.45, 7) is 3.80. The maximum absolute atomic E-state index is 14.2. The van der Waals surface area contributed by atoms with Crippen LogP contribution in [0, 0.1) is 29.4 Å². The fraction of sp³-hybridized carbons (Fsp3) is 0.576. The number of halogens is 2. The van der Waals surface area contributed by atoms with Crippen LogP contribution in [0.3, 0.4) is 0 Å². The number of aliphatic hydroxyl groups excluding tert-OH is 1. The summed E-state index contributed by atoms with van der Waals surface area (Å²) >= 11 is 1.38. The van der Waals surface area contributed by atoms with Crippen LogP contribution in [0.25, 0.3) is 10.2 Å². The summed E-state index contributed by atoms with van der Waals surface area (Å²) in [7, 11) is -4.13. The Morgan fingerprint density at radius 1 is 1.12 bits per heavy atom. The van der Waals surface area contributed by atoms with Crippen LogP contribution in [0.15, 0.2) is 41.3 Å². The van der Waals surface area contributed by atoms with Crippen LogP contribution in [-0.4, -0.2) is 85.3 Å². The molecule has 2 aliphatic heterocycles. The maximum Gasteiger partial charge on any atom is 0.407 e. The van der Waals surface area contributed by atoms with Gasteiger partial charge in [-0.3, -0.25) is 0 Å². The highest BCUT2D eigenvalue weighted by Gasteiger charge is 2.53. The van der Waals surface area contributed by atoms with E-state index in [1.165, 1.54) is 21.7 Å². The van der Waals surface area contributed by atoms with Crippen LogP contribution in [0.1, 0.15) is 45.1 Å². The SMILES string of the molecule is CC(C)CN(CC(O)C(Cc1cc(F)cc(F)c1)NC(=O)OC1C2COC3OC1CC3C2)S(=O)(=O)c1ccc2nc(NC3CC3)sc2c1. The zero-order valence-electron chi connectivity index (χ0n) is 26.7. The number of hydrogen-bond acceptors (Lipinski definition) is 10. The molecule has 0 radical (unpaired) electrons. The molecule has 48 heavy (non-hydrogen) atoms. The number of carbonyl (C=O) groups excluding carboxylic acids is 1. The largest absolute Gasteiger partial charge is 0.443 e. The van der Waals surface area contributed by atoms with Gasteiger partial charge in [-0.05, 0) is 73.9 Å².